The molecule has 0 amide bonds. The van der Waals surface area contributed by atoms with Gasteiger partial charge in [-0.2, -0.15) is 12.7 Å². The van der Waals surface area contributed by atoms with Crippen molar-refractivity contribution in [1.82, 2.24) is 9.62 Å². The summed E-state index contributed by atoms with van der Waals surface area (Å²) in [4.78, 5) is 0. The van der Waals surface area contributed by atoms with E-state index in [0.717, 1.165) is 19.5 Å². The number of benzene rings is 1. The highest BCUT2D eigenvalue weighted by atomic mass is 35.5. The van der Waals surface area contributed by atoms with Gasteiger partial charge in [-0.3, -0.25) is 4.72 Å². The Balaban J connectivity index is 2.73. The Hall–Kier alpha value is -1.02. The van der Waals surface area contributed by atoms with Gasteiger partial charge in [-0.05, 0) is 37.7 Å². The molecule has 1 aromatic carbocycles. The highest BCUT2D eigenvalue weighted by Gasteiger charge is 2.19. The summed E-state index contributed by atoms with van der Waals surface area (Å²) in [7, 11) is -0.627. The van der Waals surface area contributed by atoms with E-state index in [2.05, 4.69) is 10.0 Å². The van der Waals surface area contributed by atoms with E-state index < -0.39 is 10.2 Å². The van der Waals surface area contributed by atoms with Crippen molar-refractivity contribution < 1.29 is 13.2 Å². The van der Waals surface area contributed by atoms with E-state index in [0.29, 0.717) is 23.0 Å². The zero-order chi connectivity index (χ0) is 15.9. The van der Waals surface area contributed by atoms with E-state index in [1.54, 1.807) is 12.1 Å². The lowest BCUT2D eigenvalue weighted by molar-refractivity contribution is 0.416. The van der Waals surface area contributed by atoms with Crippen molar-refractivity contribution in [2.24, 2.45) is 0 Å². The molecule has 0 radical (unpaired) electrons. The largest absolute Gasteiger partial charge is 0.495 e. The van der Waals surface area contributed by atoms with E-state index >= 15 is 0 Å². The third-order valence-electron chi connectivity index (χ3n) is 2.89. The van der Waals surface area contributed by atoms with Gasteiger partial charge in [0.05, 0.1) is 12.8 Å². The monoisotopic (exact) mass is 335 g/mol. The number of ether oxygens (including phenoxy) is 1. The first-order chi connectivity index (χ1) is 9.90. The molecule has 0 spiro atoms. The molecule has 8 heteroatoms. The van der Waals surface area contributed by atoms with Crippen LogP contribution in [0.4, 0.5) is 5.69 Å². The summed E-state index contributed by atoms with van der Waals surface area (Å²) in [6.07, 6.45) is 0.734. The maximum atomic E-state index is 12.2. The average molecular weight is 336 g/mol. The van der Waals surface area contributed by atoms with Crippen molar-refractivity contribution in [1.29, 1.82) is 0 Å². The molecule has 0 aliphatic carbocycles. The molecule has 0 fully saturated rings. The molecule has 0 unspecified atom stereocenters. The summed E-state index contributed by atoms with van der Waals surface area (Å²) in [5.41, 5.74) is 0.323. The van der Waals surface area contributed by atoms with Gasteiger partial charge < -0.3 is 10.1 Å². The molecule has 1 rings (SSSR count). The van der Waals surface area contributed by atoms with Crippen LogP contribution in [0.2, 0.25) is 5.02 Å². The van der Waals surface area contributed by atoms with Gasteiger partial charge in [0.25, 0.3) is 0 Å². The topological polar surface area (TPSA) is 70.7 Å². The number of rotatable bonds is 9. The minimum absolute atomic E-state index is 0.323. The van der Waals surface area contributed by atoms with Crippen LogP contribution in [0, 0.1) is 0 Å². The number of anilines is 1. The quantitative estimate of drug-likeness (QED) is 0.677. The predicted octanol–water partition coefficient (Wildman–Crippen LogP) is 1.94. The molecule has 0 bridgehead atoms. The van der Waals surface area contributed by atoms with Crippen LogP contribution < -0.4 is 14.8 Å². The molecule has 0 aromatic heterocycles. The lowest BCUT2D eigenvalue weighted by atomic mass is 10.3. The second kappa shape index (κ2) is 8.43. The highest BCUT2D eigenvalue weighted by molar-refractivity contribution is 7.90. The standard InChI is InChI=1S/C13H22ClN3O3S/c1-4-15-8-5-9-17(2)21(18,19)16-12-10-11(14)6-7-13(12)20-3/h6-7,10,15-16H,4-5,8-9H2,1-3H3. The second-order valence-corrected chi connectivity index (χ2v) is 6.69. The molecular weight excluding hydrogens is 314 g/mol. The normalized spacial score (nSPS) is 11.7. The van der Waals surface area contributed by atoms with E-state index in [-0.39, 0.29) is 0 Å². The average Bonchev–Trinajstić information content (AvgIpc) is 2.43. The first-order valence-electron chi connectivity index (χ1n) is 6.69. The number of hydrogen-bond acceptors (Lipinski definition) is 4. The van der Waals surface area contributed by atoms with Gasteiger partial charge in [0.2, 0.25) is 0 Å². The number of nitrogens with zero attached hydrogens (tertiary/aromatic N) is 1. The third kappa shape index (κ3) is 5.70. The summed E-state index contributed by atoms with van der Waals surface area (Å²) in [6.45, 7) is 4.07. The van der Waals surface area contributed by atoms with Gasteiger partial charge in [-0.15, -0.1) is 0 Å². The minimum Gasteiger partial charge on any atom is -0.495 e. The van der Waals surface area contributed by atoms with Gasteiger partial charge in [0, 0.05) is 18.6 Å². The molecule has 120 valence electrons. The van der Waals surface area contributed by atoms with E-state index in [4.69, 9.17) is 16.3 Å². The Morgan fingerprint density at radius 3 is 2.71 bits per heavy atom. The summed E-state index contributed by atoms with van der Waals surface area (Å²) < 4.78 is 33.4. The molecule has 0 aliphatic rings. The van der Waals surface area contributed by atoms with Gasteiger partial charge in [-0.25, -0.2) is 0 Å². The Bertz CT molecular complexity index is 552. The SMILES string of the molecule is CCNCCCN(C)S(=O)(=O)Nc1cc(Cl)ccc1OC. The van der Waals surface area contributed by atoms with Crippen molar-refractivity contribution in [2.45, 2.75) is 13.3 Å². The lowest BCUT2D eigenvalue weighted by Crippen LogP contribution is -2.34. The van der Waals surface area contributed by atoms with Crippen LogP contribution in [0.15, 0.2) is 18.2 Å². The molecule has 0 saturated carbocycles. The molecule has 1 aromatic rings. The van der Waals surface area contributed by atoms with Crippen molar-refractivity contribution in [2.75, 3.05) is 38.5 Å². The summed E-state index contributed by atoms with van der Waals surface area (Å²) >= 11 is 5.89. The van der Waals surface area contributed by atoms with Crippen LogP contribution in [0.1, 0.15) is 13.3 Å². The fraction of sp³-hybridized carbons (Fsp3) is 0.538. The molecule has 0 atom stereocenters. The van der Waals surface area contributed by atoms with E-state index in [9.17, 15) is 8.42 Å². The van der Waals surface area contributed by atoms with Gasteiger partial charge in [-0.1, -0.05) is 18.5 Å². The van der Waals surface area contributed by atoms with Crippen molar-refractivity contribution >= 4 is 27.5 Å². The van der Waals surface area contributed by atoms with E-state index in [1.807, 2.05) is 6.92 Å². The first-order valence-corrected chi connectivity index (χ1v) is 8.51. The Kier molecular flexibility index (Phi) is 7.24. The zero-order valence-corrected chi connectivity index (χ0v) is 14.1. The third-order valence-corrected chi connectivity index (χ3v) is 4.60. The highest BCUT2D eigenvalue weighted by Crippen LogP contribution is 2.28. The van der Waals surface area contributed by atoms with Crippen LogP contribution in [0.25, 0.3) is 0 Å². The molecular formula is C13H22ClN3O3S. The van der Waals surface area contributed by atoms with E-state index in [1.165, 1.54) is 24.5 Å². The van der Waals surface area contributed by atoms with Crippen LogP contribution in [0.3, 0.4) is 0 Å². The number of hydrogen-bond donors (Lipinski definition) is 2. The lowest BCUT2D eigenvalue weighted by Gasteiger charge is -2.19. The van der Waals surface area contributed by atoms with Crippen LogP contribution in [-0.2, 0) is 10.2 Å². The van der Waals surface area contributed by atoms with Gasteiger partial charge >= 0.3 is 10.2 Å². The molecule has 21 heavy (non-hydrogen) atoms. The van der Waals surface area contributed by atoms with Crippen molar-refractivity contribution in [3.05, 3.63) is 23.2 Å². The maximum absolute atomic E-state index is 12.2. The summed E-state index contributed by atoms with van der Waals surface area (Å²) in [6, 6.07) is 4.77. The van der Waals surface area contributed by atoms with Crippen LogP contribution >= 0.6 is 11.6 Å². The number of methoxy groups -OCH3 is 1. The maximum Gasteiger partial charge on any atom is 0.301 e. The summed E-state index contributed by atoms with van der Waals surface area (Å²) in [5.74, 6) is 0.420. The summed E-state index contributed by atoms with van der Waals surface area (Å²) in [5, 5.41) is 3.58. The molecule has 6 nitrogen and oxygen atoms in total. The Morgan fingerprint density at radius 2 is 2.10 bits per heavy atom. The molecule has 0 aliphatic heterocycles. The molecule has 2 N–H and O–H groups in total. The zero-order valence-electron chi connectivity index (χ0n) is 12.5. The fourth-order valence-electron chi connectivity index (χ4n) is 1.70. The minimum atomic E-state index is -3.63. The number of halogens is 1. The molecule has 0 heterocycles. The van der Waals surface area contributed by atoms with Crippen molar-refractivity contribution in [3.63, 3.8) is 0 Å². The van der Waals surface area contributed by atoms with Gasteiger partial charge in [0.1, 0.15) is 5.75 Å². The fourth-order valence-corrected chi connectivity index (χ4v) is 2.84. The van der Waals surface area contributed by atoms with Gasteiger partial charge in [0.15, 0.2) is 0 Å². The van der Waals surface area contributed by atoms with Crippen LogP contribution in [-0.4, -0.2) is 46.5 Å². The Morgan fingerprint density at radius 1 is 1.38 bits per heavy atom. The smallest absolute Gasteiger partial charge is 0.301 e. The van der Waals surface area contributed by atoms with Crippen LogP contribution in [0.5, 0.6) is 5.75 Å². The first kappa shape index (κ1) is 18.0. The predicted molar refractivity (Wildman–Crippen MR) is 86.3 cm³/mol. The number of nitrogens with one attached hydrogen (secondary N) is 2. The second-order valence-electron chi connectivity index (χ2n) is 4.48. The Labute approximate surface area is 131 Å². The van der Waals surface area contributed by atoms with Crippen molar-refractivity contribution in [3.8, 4) is 5.75 Å². The molecule has 0 saturated heterocycles.